The molecule has 2 aromatic rings. The molecule has 4 rings (SSSR count). The zero-order valence-electron chi connectivity index (χ0n) is 14.3. The van der Waals surface area contributed by atoms with Gasteiger partial charge in [-0.05, 0) is 24.6 Å². The van der Waals surface area contributed by atoms with Crippen LogP contribution in [0.4, 0.5) is 0 Å². The van der Waals surface area contributed by atoms with Crippen LogP contribution < -0.4 is 0 Å². The minimum absolute atomic E-state index is 0.0678. The van der Waals surface area contributed by atoms with Crippen molar-refractivity contribution in [2.24, 2.45) is 5.92 Å². The van der Waals surface area contributed by atoms with E-state index < -0.39 is 11.5 Å². The molecule has 2 aromatic heterocycles. The number of hydrogen-bond acceptors (Lipinski definition) is 5. The van der Waals surface area contributed by atoms with Crippen molar-refractivity contribution in [2.75, 3.05) is 26.3 Å². The van der Waals surface area contributed by atoms with E-state index in [1.807, 2.05) is 0 Å². The molecule has 26 heavy (non-hydrogen) atoms. The Morgan fingerprint density at radius 2 is 2.08 bits per heavy atom. The van der Waals surface area contributed by atoms with Crippen LogP contribution in [0.2, 0.25) is 0 Å². The van der Waals surface area contributed by atoms with Crippen molar-refractivity contribution in [1.29, 1.82) is 0 Å². The summed E-state index contributed by atoms with van der Waals surface area (Å²) in [6.45, 7) is 1.88. The molecule has 4 heterocycles. The number of carboxylic acid groups (broad SMARTS) is 1. The third kappa shape index (κ3) is 2.80. The lowest BCUT2D eigenvalue weighted by molar-refractivity contribution is -0.154. The lowest BCUT2D eigenvalue weighted by atomic mass is 9.87. The van der Waals surface area contributed by atoms with Crippen LogP contribution in [0, 0.1) is 5.92 Å². The third-order valence-corrected chi connectivity index (χ3v) is 5.38. The maximum absolute atomic E-state index is 12.5. The molecule has 0 spiro atoms. The Balaban J connectivity index is 1.52. The quantitative estimate of drug-likeness (QED) is 0.890. The van der Waals surface area contributed by atoms with Gasteiger partial charge < -0.3 is 19.2 Å². The van der Waals surface area contributed by atoms with Gasteiger partial charge in [-0.1, -0.05) is 0 Å². The zero-order chi connectivity index (χ0) is 18.1. The first-order valence-corrected chi connectivity index (χ1v) is 8.80. The van der Waals surface area contributed by atoms with Gasteiger partial charge in [0.25, 0.3) is 0 Å². The number of rotatable bonds is 4. The normalized spacial score (nSPS) is 22.5. The molecule has 0 bridgehead atoms. The molecule has 0 aromatic carbocycles. The average Bonchev–Trinajstić information content (AvgIpc) is 3.43. The van der Waals surface area contributed by atoms with E-state index in [9.17, 15) is 14.7 Å². The second kappa shape index (κ2) is 6.60. The molecule has 2 aliphatic rings. The predicted molar refractivity (Wildman–Crippen MR) is 90.3 cm³/mol. The molecular weight excluding hydrogens is 338 g/mol. The molecular formula is C18H21N3O5. The van der Waals surface area contributed by atoms with E-state index in [2.05, 4.69) is 5.10 Å². The predicted octanol–water partition coefficient (Wildman–Crippen LogP) is 1.58. The van der Waals surface area contributed by atoms with Gasteiger partial charge in [-0.15, -0.1) is 0 Å². The summed E-state index contributed by atoms with van der Waals surface area (Å²) in [5.41, 5.74) is -0.550. The molecule has 8 nitrogen and oxygen atoms in total. The topological polar surface area (TPSA) is 97.8 Å². The van der Waals surface area contributed by atoms with Gasteiger partial charge in [-0.3, -0.25) is 9.48 Å². The summed E-state index contributed by atoms with van der Waals surface area (Å²) in [6, 6.07) is 5.29. The molecule has 2 aliphatic heterocycles. The molecule has 0 aliphatic carbocycles. The fourth-order valence-corrected chi connectivity index (χ4v) is 3.74. The Morgan fingerprint density at radius 1 is 1.27 bits per heavy atom. The lowest BCUT2D eigenvalue weighted by Gasteiger charge is -2.39. The van der Waals surface area contributed by atoms with Gasteiger partial charge >= 0.3 is 5.97 Å². The van der Waals surface area contributed by atoms with Crippen molar-refractivity contribution in [3.63, 3.8) is 0 Å². The van der Waals surface area contributed by atoms with Gasteiger partial charge in [-0.25, -0.2) is 4.79 Å². The maximum atomic E-state index is 12.5. The van der Waals surface area contributed by atoms with Crippen molar-refractivity contribution in [1.82, 2.24) is 14.7 Å². The Kier molecular flexibility index (Phi) is 4.28. The van der Waals surface area contributed by atoms with Crippen molar-refractivity contribution < 1.29 is 23.8 Å². The van der Waals surface area contributed by atoms with Crippen LogP contribution in [0.25, 0.3) is 11.5 Å². The number of amides is 1. The number of furan rings is 1. The highest BCUT2D eigenvalue weighted by molar-refractivity contribution is 5.81. The number of likely N-dealkylation sites (tertiary alicyclic amines) is 1. The number of ether oxygens (including phenoxy) is 1. The minimum Gasteiger partial charge on any atom is -0.479 e. The van der Waals surface area contributed by atoms with Gasteiger partial charge in [0.2, 0.25) is 5.91 Å². The van der Waals surface area contributed by atoms with Crippen molar-refractivity contribution >= 4 is 11.9 Å². The molecule has 1 amide bonds. The van der Waals surface area contributed by atoms with Gasteiger partial charge in [0.15, 0.2) is 11.3 Å². The molecule has 0 unspecified atom stereocenters. The van der Waals surface area contributed by atoms with Crippen LogP contribution in [0.15, 0.2) is 35.1 Å². The third-order valence-electron chi connectivity index (χ3n) is 5.38. The smallest absolute Gasteiger partial charge is 0.331 e. The van der Waals surface area contributed by atoms with Gasteiger partial charge in [0.1, 0.15) is 5.69 Å². The molecule has 1 atom stereocenters. The van der Waals surface area contributed by atoms with Crippen molar-refractivity contribution in [2.45, 2.75) is 24.8 Å². The average molecular weight is 359 g/mol. The molecule has 2 fully saturated rings. The number of carbonyl (C=O) groups excluding carboxylic acids is 1. The molecule has 8 heteroatoms. The second-order valence-corrected chi connectivity index (χ2v) is 6.85. The first kappa shape index (κ1) is 16.8. The Bertz CT molecular complexity index is 784. The standard InChI is InChI=1S/C18H21N3O5/c22-16(13-4-11-25-12-13)20-8-5-18(6-9-20,17(23)24)21-7-3-14(19-21)15-2-1-10-26-15/h1-3,7,10,13H,4-6,8-9,11-12H2,(H,23,24)/t13-/m1/s1. The van der Waals surface area contributed by atoms with Crippen LogP contribution in [0.3, 0.4) is 0 Å². The number of hydrogen-bond donors (Lipinski definition) is 1. The van der Waals surface area contributed by atoms with E-state index in [1.54, 1.807) is 35.6 Å². The Morgan fingerprint density at radius 3 is 2.69 bits per heavy atom. The summed E-state index contributed by atoms with van der Waals surface area (Å²) in [6.07, 6.45) is 4.61. The maximum Gasteiger partial charge on any atom is 0.331 e. The number of carboxylic acids is 1. The molecule has 0 radical (unpaired) electrons. The fourth-order valence-electron chi connectivity index (χ4n) is 3.74. The van der Waals surface area contributed by atoms with E-state index in [0.717, 1.165) is 6.42 Å². The summed E-state index contributed by atoms with van der Waals surface area (Å²) < 4.78 is 12.1. The summed E-state index contributed by atoms with van der Waals surface area (Å²) in [5, 5.41) is 14.3. The number of aromatic nitrogens is 2. The van der Waals surface area contributed by atoms with Crippen LogP contribution in [-0.2, 0) is 19.9 Å². The SMILES string of the molecule is O=C([C@@H]1CCOC1)N1CCC(C(=O)O)(n2ccc(-c3ccco3)n2)CC1. The van der Waals surface area contributed by atoms with Crippen LogP contribution in [0.1, 0.15) is 19.3 Å². The van der Waals surface area contributed by atoms with Crippen molar-refractivity contribution in [3.8, 4) is 11.5 Å². The highest BCUT2D eigenvalue weighted by Gasteiger charge is 2.45. The second-order valence-electron chi connectivity index (χ2n) is 6.85. The van der Waals surface area contributed by atoms with E-state index >= 15 is 0 Å². The first-order chi connectivity index (χ1) is 12.6. The number of aliphatic carboxylic acids is 1. The highest BCUT2D eigenvalue weighted by atomic mass is 16.5. The Hall–Kier alpha value is -2.61. The van der Waals surface area contributed by atoms with Gasteiger partial charge in [0, 0.05) is 38.7 Å². The first-order valence-electron chi connectivity index (χ1n) is 8.80. The van der Waals surface area contributed by atoms with Gasteiger partial charge in [-0.2, -0.15) is 5.10 Å². The fraction of sp³-hybridized carbons (Fsp3) is 0.500. The number of carbonyl (C=O) groups is 2. The zero-order valence-corrected chi connectivity index (χ0v) is 14.3. The highest BCUT2D eigenvalue weighted by Crippen LogP contribution is 2.32. The van der Waals surface area contributed by atoms with Crippen LogP contribution in [-0.4, -0.2) is 58.0 Å². The minimum atomic E-state index is -1.15. The van der Waals surface area contributed by atoms with Crippen LogP contribution in [0.5, 0.6) is 0 Å². The van der Waals surface area contributed by atoms with Crippen molar-refractivity contribution in [3.05, 3.63) is 30.7 Å². The lowest BCUT2D eigenvalue weighted by Crippen LogP contribution is -2.53. The summed E-state index contributed by atoms with van der Waals surface area (Å²) >= 11 is 0. The monoisotopic (exact) mass is 359 g/mol. The van der Waals surface area contributed by atoms with E-state index in [1.165, 1.54) is 4.68 Å². The molecule has 138 valence electrons. The number of piperidine rings is 1. The molecule has 1 N–H and O–H groups in total. The van der Waals surface area contributed by atoms with E-state index in [4.69, 9.17) is 9.15 Å². The summed E-state index contributed by atoms with van der Waals surface area (Å²) in [4.78, 5) is 26.4. The molecule has 0 saturated carbocycles. The Labute approximate surface area is 150 Å². The van der Waals surface area contributed by atoms with Gasteiger partial charge in [0.05, 0.1) is 18.8 Å². The van der Waals surface area contributed by atoms with E-state index in [0.29, 0.717) is 50.6 Å². The number of nitrogens with zero attached hydrogens (tertiary/aromatic N) is 3. The summed E-state index contributed by atoms with van der Waals surface area (Å²) in [7, 11) is 0. The molecule has 2 saturated heterocycles. The van der Waals surface area contributed by atoms with Crippen LogP contribution >= 0.6 is 0 Å². The largest absolute Gasteiger partial charge is 0.479 e. The summed E-state index contributed by atoms with van der Waals surface area (Å²) in [5.74, 6) is -0.359. The van der Waals surface area contributed by atoms with E-state index in [-0.39, 0.29) is 11.8 Å².